The fourth-order valence-electron chi connectivity index (χ4n) is 2.43. The Labute approximate surface area is 117 Å². The van der Waals surface area contributed by atoms with E-state index in [4.69, 9.17) is 11.6 Å². The highest BCUT2D eigenvalue weighted by Crippen LogP contribution is 2.31. The van der Waals surface area contributed by atoms with Crippen LogP contribution in [0.25, 0.3) is 21.9 Å². The normalized spacial score (nSPS) is 10.9. The van der Waals surface area contributed by atoms with Crippen molar-refractivity contribution in [1.82, 2.24) is 4.98 Å². The molecule has 3 rings (SSSR count). The first kappa shape index (κ1) is 12.2. The molecule has 0 saturated carbocycles. The number of rotatable bonds is 1. The molecule has 1 heterocycles. The molecule has 1 nitrogen and oxygen atoms in total. The van der Waals surface area contributed by atoms with Crippen LogP contribution in [0.15, 0.2) is 48.7 Å². The van der Waals surface area contributed by atoms with Crippen molar-refractivity contribution in [3.8, 4) is 11.1 Å². The van der Waals surface area contributed by atoms with Crippen LogP contribution in [0.3, 0.4) is 0 Å². The predicted molar refractivity (Wildman–Crippen MR) is 81.7 cm³/mol. The Hall–Kier alpha value is -1.86. The molecule has 2 heteroatoms. The molecular formula is C17H14ClN. The highest BCUT2D eigenvalue weighted by molar-refractivity contribution is 6.29. The number of benzene rings is 2. The summed E-state index contributed by atoms with van der Waals surface area (Å²) in [4.78, 5) is 4.12. The topological polar surface area (TPSA) is 12.9 Å². The number of nitrogens with zero attached hydrogens (tertiary/aromatic N) is 1. The Morgan fingerprint density at radius 2 is 1.47 bits per heavy atom. The van der Waals surface area contributed by atoms with Crippen LogP contribution in [0.1, 0.15) is 11.1 Å². The SMILES string of the molecule is Cc1cnc(Cl)cc1-c1cc2ccccc2cc1C. The lowest BCUT2D eigenvalue weighted by molar-refractivity contribution is 1.27. The minimum atomic E-state index is 0.535. The van der Waals surface area contributed by atoms with Crippen LogP contribution in [0, 0.1) is 13.8 Å². The van der Waals surface area contributed by atoms with E-state index in [1.807, 2.05) is 12.3 Å². The number of pyridine rings is 1. The van der Waals surface area contributed by atoms with Gasteiger partial charge >= 0.3 is 0 Å². The lowest BCUT2D eigenvalue weighted by Crippen LogP contribution is -1.89. The molecule has 0 spiro atoms. The van der Waals surface area contributed by atoms with E-state index < -0.39 is 0 Å². The molecule has 19 heavy (non-hydrogen) atoms. The lowest BCUT2D eigenvalue weighted by atomic mass is 9.95. The average molecular weight is 268 g/mol. The molecule has 1 aromatic heterocycles. The lowest BCUT2D eigenvalue weighted by Gasteiger charge is -2.11. The Kier molecular flexibility index (Phi) is 3.00. The third-order valence-corrected chi connectivity index (χ3v) is 3.66. The Morgan fingerprint density at radius 1 is 0.842 bits per heavy atom. The number of aromatic nitrogens is 1. The number of aryl methyl sites for hydroxylation is 2. The molecule has 2 aromatic carbocycles. The van der Waals surface area contributed by atoms with Crippen LogP contribution in [-0.4, -0.2) is 4.98 Å². The van der Waals surface area contributed by atoms with E-state index in [1.165, 1.54) is 21.9 Å². The summed E-state index contributed by atoms with van der Waals surface area (Å²) in [6.07, 6.45) is 1.83. The molecule has 0 amide bonds. The van der Waals surface area contributed by atoms with Crippen molar-refractivity contribution in [2.24, 2.45) is 0 Å². The van der Waals surface area contributed by atoms with Gasteiger partial charge in [-0.1, -0.05) is 41.9 Å². The maximum Gasteiger partial charge on any atom is 0.129 e. The van der Waals surface area contributed by atoms with Gasteiger partial charge < -0.3 is 0 Å². The van der Waals surface area contributed by atoms with E-state index in [0.717, 1.165) is 11.1 Å². The second-order valence-electron chi connectivity index (χ2n) is 4.84. The molecule has 0 aliphatic heterocycles. The number of fused-ring (bicyclic) bond motifs is 1. The van der Waals surface area contributed by atoms with Gasteiger partial charge in [-0.05, 0) is 59.0 Å². The van der Waals surface area contributed by atoms with Gasteiger partial charge in [0.1, 0.15) is 5.15 Å². The van der Waals surface area contributed by atoms with E-state index in [9.17, 15) is 0 Å². The van der Waals surface area contributed by atoms with Crippen molar-refractivity contribution in [2.45, 2.75) is 13.8 Å². The molecule has 0 atom stereocenters. The fraction of sp³-hybridized carbons (Fsp3) is 0.118. The average Bonchev–Trinajstić information content (AvgIpc) is 2.41. The zero-order chi connectivity index (χ0) is 13.4. The molecule has 0 unspecified atom stereocenters. The molecule has 0 fully saturated rings. The second-order valence-corrected chi connectivity index (χ2v) is 5.22. The largest absolute Gasteiger partial charge is 0.244 e. The summed E-state index contributed by atoms with van der Waals surface area (Å²) in [5.74, 6) is 0. The van der Waals surface area contributed by atoms with Crippen LogP contribution >= 0.6 is 11.6 Å². The highest BCUT2D eigenvalue weighted by Gasteiger charge is 2.08. The summed E-state index contributed by atoms with van der Waals surface area (Å²) in [5, 5.41) is 3.05. The zero-order valence-electron chi connectivity index (χ0n) is 10.9. The van der Waals surface area contributed by atoms with Crippen LogP contribution in [-0.2, 0) is 0 Å². The van der Waals surface area contributed by atoms with Gasteiger partial charge in [0, 0.05) is 6.20 Å². The number of hydrogen-bond acceptors (Lipinski definition) is 1. The minimum Gasteiger partial charge on any atom is -0.244 e. The van der Waals surface area contributed by atoms with Gasteiger partial charge in [-0.3, -0.25) is 0 Å². The maximum absolute atomic E-state index is 6.03. The van der Waals surface area contributed by atoms with Gasteiger partial charge in [-0.25, -0.2) is 4.98 Å². The van der Waals surface area contributed by atoms with Crippen LogP contribution in [0.4, 0.5) is 0 Å². The predicted octanol–water partition coefficient (Wildman–Crippen LogP) is 5.17. The maximum atomic E-state index is 6.03. The van der Waals surface area contributed by atoms with Crippen molar-refractivity contribution in [1.29, 1.82) is 0 Å². The van der Waals surface area contributed by atoms with E-state index in [1.54, 1.807) is 0 Å². The van der Waals surface area contributed by atoms with Gasteiger partial charge in [0.2, 0.25) is 0 Å². The van der Waals surface area contributed by atoms with Gasteiger partial charge in [-0.15, -0.1) is 0 Å². The molecule has 94 valence electrons. The first-order chi connectivity index (χ1) is 9.15. The van der Waals surface area contributed by atoms with Crippen molar-refractivity contribution >= 4 is 22.4 Å². The standard InChI is InChI=1S/C17H14ClN/c1-11-7-13-5-3-4-6-14(13)8-15(11)16-9-17(18)19-10-12(16)2/h3-10H,1-2H3. The summed E-state index contributed by atoms with van der Waals surface area (Å²) >= 11 is 6.03. The molecule has 3 aromatic rings. The summed E-state index contributed by atoms with van der Waals surface area (Å²) in [6, 6.07) is 14.8. The van der Waals surface area contributed by atoms with E-state index in [-0.39, 0.29) is 0 Å². The third-order valence-electron chi connectivity index (χ3n) is 3.45. The Bertz CT molecular complexity index is 762. The Balaban J connectivity index is 2.30. The summed E-state index contributed by atoms with van der Waals surface area (Å²) < 4.78 is 0. The van der Waals surface area contributed by atoms with Gasteiger partial charge in [0.15, 0.2) is 0 Å². The molecule has 0 bridgehead atoms. The summed E-state index contributed by atoms with van der Waals surface area (Å²) in [6.45, 7) is 4.20. The Morgan fingerprint density at radius 3 is 2.21 bits per heavy atom. The molecular weight excluding hydrogens is 254 g/mol. The van der Waals surface area contributed by atoms with Gasteiger partial charge in [-0.2, -0.15) is 0 Å². The van der Waals surface area contributed by atoms with Crippen LogP contribution in [0.5, 0.6) is 0 Å². The number of hydrogen-bond donors (Lipinski definition) is 0. The molecule has 0 saturated heterocycles. The minimum absolute atomic E-state index is 0.535. The third kappa shape index (κ3) is 2.22. The summed E-state index contributed by atoms with van der Waals surface area (Å²) in [5.41, 5.74) is 4.77. The summed E-state index contributed by atoms with van der Waals surface area (Å²) in [7, 11) is 0. The van der Waals surface area contributed by atoms with Crippen LogP contribution in [0.2, 0.25) is 5.15 Å². The number of halogens is 1. The van der Waals surface area contributed by atoms with Crippen molar-refractivity contribution in [3.05, 3.63) is 64.9 Å². The van der Waals surface area contributed by atoms with Crippen LogP contribution < -0.4 is 0 Å². The molecule has 0 aliphatic rings. The first-order valence-corrected chi connectivity index (χ1v) is 6.65. The van der Waals surface area contributed by atoms with E-state index in [2.05, 4.69) is 55.2 Å². The highest BCUT2D eigenvalue weighted by atomic mass is 35.5. The van der Waals surface area contributed by atoms with E-state index in [0.29, 0.717) is 5.15 Å². The molecule has 0 aliphatic carbocycles. The van der Waals surface area contributed by atoms with Crippen molar-refractivity contribution < 1.29 is 0 Å². The monoisotopic (exact) mass is 267 g/mol. The first-order valence-electron chi connectivity index (χ1n) is 6.27. The smallest absolute Gasteiger partial charge is 0.129 e. The van der Waals surface area contributed by atoms with E-state index >= 15 is 0 Å². The second kappa shape index (κ2) is 4.67. The molecule has 0 radical (unpaired) electrons. The van der Waals surface area contributed by atoms with Gasteiger partial charge in [0.25, 0.3) is 0 Å². The zero-order valence-corrected chi connectivity index (χ0v) is 11.7. The van der Waals surface area contributed by atoms with Crippen molar-refractivity contribution in [3.63, 3.8) is 0 Å². The molecule has 0 N–H and O–H groups in total. The fourth-order valence-corrected chi connectivity index (χ4v) is 2.59. The van der Waals surface area contributed by atoms with Gasteiger partial charge in [0.05, 0.1) is 0 Å². The quantitative estimate of drug-likeness (QED) is 0.554. The van der Waals surface area contributed by atoms with Crippen molar-refractivity contribution in [2.75, 3.05) is 0 Å².